The zero-order valence-corrected chi connectivity index (χ0v) is 15.5. The molecule has 2 rings (SSSR count). The highest BCUT2D eigenvalue weighted by Gasteiger charge is 2.16. The van der Waals surface area contributed by atoms with Crippen LogP contribution in [0.25, 0.3) is 0 Å². The predicted octanol–water partition coefficient (Wildman–Crippen LogP) is 2.59. The third-order valence-electron chi connectivity index (χ3n) is 4.12. The fourth-order valence-corrected chi connectivity index (χ4v) is 2.73. The molecule has 0 aliphatic rings. The maximum absolute atomic E-state index is 12.1. The minimum atomic E-state index is -0.00252. The Morgan fingerprint density at radius 1 is 0.923 bits per heavy atom. The molecule has 0 aromatic heterocycles. The fraction of sp³-hybridized carbons (Fsp3) is 0.350. The Labute approximate surface area is 154 Å². The van der Waals surface area contributed by atoms with E-state index >= 15 is 0 Å². The van der Waals surface area contributed by atoms with Gasteiger partial charge in [-0.05, 0) is 42.2 Å². The Bertz CT molecular complexity index is 729. The topological polar surface area (TPSA) is 82.8 Å². The first kappa shape index (κ1) is 19.4. The Balaban J connectivity index is 1.87. The summed E-state index contributed by atoms with van der Waals surface area (Å²) in [6, 6.07) is 11.4. The smallest absolute Gasteiger partial charge is 0.220 e. The number of methoxy groups -OCH3 is 3. The summed E-state index contributed by atoms with van der Waals surface area (Å²) in [6.07, 6.45) is 1.69. The van der Waals surface area contributed by atoms with Crippen LogP contribution in [0.1, 0.15) is 17.5 Å². The molecule has 0 atom stereocenters. The van der Waals surface area contributed by atoms with E-state index in [1.165, 1.54) is 0 Å². The van der Waals surface area contributed by atoms with E-state index in [1.807, 2.05) is 36.4 Å². The third kappa shape index (κ3) is 5.05. The van der Waals surface area contributed by atoms with Gasteiger partial charge in [0.05, 0.1) is 21.3 Å². The Hall–Kier alpha value is -2.89. The summed E-state index contributed by atoms with van der Waals surface area (Å²) in [7, 11) is 4.72. The van der Waals surface area contributed by atoms with Gasteiger partial charge in [0.15, 0.2) is 11.5 Å². The van der Waals surface area contributed by atoms with Crippen molar-refractivity contribution in [1.29, 1.82) is 0 Å². The molecule has 0 aliphatic carbocycles. The van der Waals surface area contributed by atoms with Gasteiger partial charge in [0.2, 0.25) is 11.7 Å². The maximum Gasteiger partial charge on any atom is 0.220 e. The van der Waals surface area contributed by atoms with E-state index < -0.39 is 0 Å². The van der Waals surface area contributed by atoms with Crippen LogP contribution in [-0.4, -0.2) is 33.8 Å². The average molecular weight is 358 g/mol. The van der Waals surface area contributed by atoms with Crippen LogP contribution < -0.4 is 25.3 Å². The predicted molar refractivity (Wildman–Crippen MR) is 102 cm³/mol. The van der Waals surface area contributed by atoms with Gasteiger partial charge in [0.25, 0.3) is 0 Å². The van der Waals surface area contributed by atoms with Crippen LogP contribution in [0, 0.1) is 0 Å². The number of benzene rings is 2. The van der Waals surface area contributed by atoms with Gasteiger partial charge < -0.3 is 25.3 Å². The molecule has 6 nitrogen and oxygen atoms in total. The third-order valence-corrected chi connectivity index (χ3v) is 4.12. The second kappa shape index (κ2) is 9.56. The Morgan fingerprint density at radius 3 is 2.23 bits per heavy atom. The van der Waals surface area contributed by atoms with Crippen molar-refractivity contribution >= 4 is 11.6 Å². The number of ether oxygens (including phenoxy) is 3. The van der Waals surface area contributed by atoms with Crippen molar-refractivity contribution in [3.8, 4) is 17.2 Å². The maximum atomic E-state index is 12.1. The van der Waals surface area contributed by atoms with Gasteiger partial charge in [-0.1, -0.05) is 18.2 Å². The van der Waals surface area contributed by atoms with E-state index in [-0.39, 0.29) is 5.91 Å². The fourth-order valence-electron chi connectivity index (χ4n) is 2.73. The summed E-state index contributed by atoms with van der Waals surface area (Å²) in [5.74, 6) is 1.73. The highest BCUT2D eigenvalue weighted by atomic mass is 16.5. The van der Waals surface area contributed by atoms with Crippen LogP contribution in [0.5, 0.6) is 17.2 Å². The number of nitrogens with one attached hydrogen (secondary N) is 1. The molecule has 2 aromatic carbocycles. The molecule has 0 saturated carbocycles. The van der Waals surface area contributed by atoms with Crippen molar-refractivity contribution in [1.82, 2.24) is 5.32 Å². The van der Waals surface area contributed by atoms with Gasteiger partial charge in [0, 0.05) is 18.7 Å². The molecule has 6 heteroatoms. The monoisotopic (exact) mass is 358 g/mol. The highest BCUT2D eigenvalue weighted by Crippen LogP contribution is 2.40. The van der Waals surface area contributed by atoms with Crippen LogP contribution in [0.15, 0.2) is 36.4 Å². The standard InChI is InChI=1S/C20H26N2O4/c1-24-17-10-6-15(19(25-2)20(17)26-3)7-11-18(23)22-13-12-14-4-8-16(21)9-5-14/h4-6,8-10H,7,11-13,21H2,1-3H3,(H,22,23). The minimum Gasteiger partial charge on any atom is -0.493 e. The lowest BCUT2D eigenvalue weighted by atomic mass is 10.1. The summed E-state index contributed by atoms with van der Waals surface area (Å²) in [5, 5.41) is 2.94. The van der Waals surface area contributed by atoms with Gasteiger partial charge >= 0.3 is 0 Å². The normalized spacial score (nSPS) is 10.3. The van der Waals surface area contributed by atoms with E-state index in [0.29, 0.717) is 36.6 Å². The average Bonchev–Trinajstić information content (AvgIpc) is 2.66. The molecule has 26 heavy (non-hydrogen) atoms. The number of carbonyl (C=O) groups excluding carboxylic acids is 1. The molecule has 0 bridgehead atoms. The van der Waals surface area contributed by atoms with Gasteiger partial charge in [0.1, 0.15) is 0 Å². The van der Waals surface area contributed by atoms with Crippen LogP contribution in [0.4, 0.5) is 5.69 Å². The zero-order valence-electron chi connectivity index (χ0n) is 15.5. The number of anilines is 1. The number of nitrogen functional groups attached to an aromatic ring is 1. The number of carbonyl (C=O) groups is 1. The molecule has 0 radical (unpaired) electrons. The van der Waals surface area contributed by atoms with Crippen molar-refractivity contribution in [2.75, 3.05) is 33.6 Å². The first-order valence-electron chi connectivity index (χ1n) is 8.48. The quantitative estimate of drug-likeness (QED) is 0.673. The lowest BCUT2D eigenvalue weighted by Crippen LogP contribution is -2.25. The number of rotatable bonds is 9. The summed E-state index contributed by atoms with van der Waals surface area (Å²) in [5.41, 5.74) is 8.44. The molecule has 1 amide bonds. The SMILES string of the molecule is COc1ccc(CCC(=O)NCCc2ccc(N)cc2)c(OC)c1OC. The second-order valence-corrected chi connectivity index (χ2v) is 5.83. The largest absolute Gasteiger partial charge is 0.493 e. The molecule has 0 fully saturated rings. The van der Waals surface area contributed by atoms with E-state index in [9.17, 15) is 4.79 Å². The number of nitrogens with two attached hydrogens (primary N) is 1. The molecule has 2 aromatic rings. The minimum absolute atomic E-state index is 0.00252. The van der Waals surface area contributed by atoms with Crippen LogP contribution in [0.2, 0.25) is 0 Å². The molecule has 0 heterocycles. The lowest BCUT2D eigenvalue weighted by Gasteiger charge is -2.15. The van der Waals surface area contributed by atoms with Crippen molar-refractivity contribution in [3.05, 3.63) is 47.5 Å². The van der Waals surface area contributed by atoms with Crippen molar-refractivity contribution in [2.45, 2.75) is 19.3 Å². The van der Waals surface area contributed by atoms with Gasteiger partial charge in [-0.2, -0.15) is 0 Å². The first-order chi connectivity index (χ1) is 12.6. The number of aryl methyl sites for hydroxylation is 1. The van der Waals surface area contributed by atoms with Crippen LogP contribution >= 0.6 is 0 Å². The van der Waals surface area contributed by atoms with Crippen molar-refractivity contribution in [3.63, 3.8) is 0 Å². The molecule has 0 spiro atoms. The Kier molecular flexibility index (Phi) is 7.14. The molecular formula is C20H26N2O4. The molecular weight excluding hydrogens is 332 g/mol. The molecule has 0 unspecified atom stereocenters. The van der Waals surface area contributed by atoms with Crippen molar-refractivity contribution in [2.24, 2.45) is 0 Å². The second-order valence-electron chi connectivity index (χ2n) is 5.83. The van der Waals surface area contributed by atoms with Crippen LogP contribution in [0.3, 0.4) is 0 Å². The molecule has 140 valence electrons. The molecule has 0 saturated heterocycles. The zero-order chi connectivity index (χ0) is 18.9. The van der Waals surface area contributed by atoms with E-state index in [1.54, 1.807) is 21.3 Å². The van der Waals surface area contributed by atoms with Crippen LogP contribution in [-0.2, 0) is 17.6 Å². The van der Waals surface area contributed by atoms with E-state index in [0.717, 1.165) is 23.2 Å². The highest BCUT2D eigenvalue weighted by molar-refractivity contribution is 5.76. The number of hydrogen-bond donors (Lipinski definition) is 2. The first-order valence-corrected chi connectivity index (χ1v) is 8.48. The number of amides is 1. The Morgan fingerprint density at radius 2 is 1.62 bits per heavy atom. The lowest BCUT2D eigenvalue weighted by molar-refractivity contribution is -0.121. The summed E-state index contributed by atoms with van der Waals surface area (Å²) < 4.78 is 16.1. The van der Waals surface area contributed by atoms with E-state index in [4.69, 9.17) is 19.9 Å². The summed E-state index contributed by atoms with van der Waals surface area (Å²) in [6.45, 7) is 0.589. The summed E-state index contributed by atoms with van der Waals surface area (Å²) >= 11 is 0. The van der Waals surface area contributed by atoms with Gasteiger partial charge in [-0.3, -0.25) is 4.79 Å². The molecule has 0 aliphatic heterocycles. The van der Waals surface area contributed by atoms with Gasteiger partial charge in [-0.25, -0.2) is 0 Å². The number of hydrogen-bond acceptors (Lipinski definition) is 5. The summed E-state index contributed by atoms with van der Waals surface area (Å²) in [4.78, 5) is 12.1. The van der Waals surface area contributed by atoms with Crippen molar-refractivity contribution < 1.29 is 19.0 Å². The van der Waals surface area contributed by atoms with E-state index in [2.05, 4.69) is 5.32 Å². The molecule has 3 N–H and O–H groups in total. The van der Waals surface area contributed by atoms with Gasteiger partial charge in [-0.15, -0.1) is 0 Å².